The van der Waals surface area contributed by atoms with E-state index >= 15 is 0 Å². The number of alkyl halides is 24. The molecular formula is C40H17F24NO6S2. The van der Waals surface area contributed by atoms with Crippen molar-refractivity contribution in [3.63, 3.8) is 0 Å². The zero-order valence-corrected chi connectivity index (χ0v) is 35.6. The molecule has 6 rings (SSSR count). The van der Waals surface area contributed by atoms with E-state index in [9.17, 15) is 132 Å². The minimum absolute atomic E-state index is 0.461. The second kappa shape index (κ2) is 16.9. The topological polar surface area (TPSA) is 121 Å². The Morgan fingerprint density at radius 1 is 0.274 bits per heavy atom. The van der Waals surface area contributed by atoms with Crippen LogP contribution in [0.3, 0.4) is 0 Å². The molecule has 0 amide bonds. The van der Waals surface area contributed by atoms with Crippen LogP contribution in [-0.2, 0) is 80.7 Å². The molecule has 5 aromatic rings. The minimum Gasteiger partial charge on any atom is -0.376 e. The largest absolute Gasteiger partial charge is 0.416 e. The molecular weight excluding hydrogens is 1110 g/mol. The number of benzene rings is 5. The summed E-state index contributed by atoms with van der Waals surface area (Å²) < 4.78 is 400. The van der Waals surface area contributed by atoms with Crippen LogP contribution in [0.4, 0.5) is 105 Å². The van der Waals surface area contributed by atoms with Crippen LogP contribution >= 0.6 is 0 Å². The van der Waals surface area contributed by atoms with Crippen LogP contribution in [0.2, 0.25) is 0 Å². The van der Waals surface area contributed by atoms with Crippen LogP contribution < -0.4 is 4.13 Å². The zero-order chi connectivity index (χ0) is 55.8. The maximum atomic E-state index is 14.3. The number of nitrogens with one attached hydrogen (secondary N) is 1. The van der Waals surface area contributed by atoms with E-state index in [-0.39, 0.29) is 0 Å². The third-order valence-electron chi connectivity index (χ3n) is 10.7. The van der Waals surface area contributed by atoms with E-state index < -0.39 is 253 Å². The predicted molar refractivity (Wildman–Crippen MR) is 194 cm³/mol. The molecule has 0 spiro atoms. The molecule has 5 aromatic carbocycles. The van der Waals surface area contributed by atoms with E-state index in [1.54, 1.807) is 0 Å². The van der Waals surface area contributed by atoms with Gasteiger partial charge in [0.05, 0.1) is 44.5 Å². The van der Waals surface area contributed by atoms with E-state index in [1.807, 2.05) is 0 Å². The van der Waals surface area contributed by atoms with Gasteiger partial charge in [-0.15, -0.1) is 4.13 Å². The Bertz CT molecular complexity index is 2770. The van der Waals surface area contributed by atoms with Gasteiger partial charge in [-0.2, -0.15) is 105 Å². The Labute approximate surface area is 389 Å². The monoisotopic (exact) mass is 1130 g/mol. The second-order valence-corrected chi connectivity index (χ2v) is 19.0. The molecule has 7 nitrogen and oxygen atoms in total. The summed E-state index contributed by atoms with van der Waals surface area (Å²) in [5.74, 6) is 0. The first-order valence-corrected chi connectivity index (χ1v) is 21.5. The quantitative estimate of drug-likeness (QED) is 0.115. The fourth-order valence-corrected chi connectivity index (χ4v) is 11.7. The van der Waals surface area contributed by atoms with E-state index in [1.165, 1.54) is 0 Å². The summed E-state index contributed by atoms with van der Waals surface area (Å²) in [4.78, 5) is -5.23. The Balaban J connectivity index is 1.97. The van der Waals surface area contributed by atoms with Gasteiger partial charge in [-0.1, -0.05) is 12.1 Å². The predicted octanol–water partition coefficient (Wildman–Crippen LogP) is 12.4. The van der Waals surface area contributed by atoms with E-state index in [0.717, 1.165) is 0 Å². The lowest BCUT2D eigenvalue weighted by atomic mass is 9.75. The number of aliphatic hydroxyl groups is 2. The Kier molecular flexibility index (Phi) is 13.0. The maximum Gasteiger partial charge on any atom is 0.416 e. The zero-order valence-electron chi connectivity index (χ0n) is 34.0. The molecule has 0 unspecified atom stereocenters. The lowest BCUT2D eigenvalue weighted by Crippen LogP contribution is -2.35. The number of hydrogen-bond donors (Lipinski definition) is 3. The molecule has 33 heteroatoms. The van der Waals surface area contributed by atoms with E-state index in [2.05, 4.69) is 0 Å². The standard InChI is InChI=1S/C40H17F24NO6S2/c41-33(42,43)19-3-15(4-20(11-19)34(44,45)46)31(66,16-5-21(35(47,48)49)12-22(6-16)36(50,51)52)27-1-2-28(30-29(27)72(68,69)65-73(30,70)71)32(67,17-7-23(37(53,54)55)13-24(8-17)38(56,57)58)18-9-25(39(59,60)61)14-26(10-18)40(62,63)64/h1-14,65-67H. The molecule has 1 aliphatic rings. The van der Waals surface area contributed by atoms with Crippen molar-refractivity contribution in [1.29, 1.82) is 0 Å². The molecule has 398 valence electrons. The van der Waals surface area contributed by atoms with Crippen molar-refractivity contribution in [2.75, 3.05) is 0 Å². The summed E-state index contributed by atoms with van der Waals surface area (Å²) in [5.41, 5.74) is -44.5. The van der Waals surface area contributed by atoms with Gasteiger partial charge in [-0.3, -0.25) is 0 Å². The minimum atomic E-state index is -6.59. The molecule has 0 saturated heterocycles. The van der Waals surface area contributed by atoms with Crippen LogP contribution in [0.15, 0.2) is 94.7 Å². The first kappa shape index (κ1) is 56.5. The molecule has 0 aromatic heterocycles. The molecule has 0 fully saturated rings. The highest BCUT2D eigenvalue weighted by Gasteiger charge is 2.55. The Hall–Kier alpha value is -5.80. The van der Waals surface area contributed by atoms with Crippen molar-refractivity contribution in [1.82, 2.24) is 4.13 Å². The first-order chi connectivity index (χ1) is 32.4. The van der Waals surface area contributed by atoms with Crippen LogP contribution in [0.25, 0.3) is 0 Å². The second-order valence-electron chi connectivity index (χ2n) is 15.5. The smallest absolute Gasteiger partial charge is 0.376 e. The van der Waals surface area contributed by atoms with Crippen LogP contribution in [0.1, 0.15) is 77.9 Å². The van der Waals surface area contributed by atoms with Gasteiger partial charge in [0, 0.05) is 11.1 Å². The third kappa shape index (κ3) is 10.5. The fraction of sp³-hybridized carbons (Fsp3) is 0.250. The summed E-state index contributed by atoms with van der Waals surface area (Å²) in [7, 11) is -13.2. The summed E-state index contributed by atoms with van der Waals surface area (Å²) in [6.07, 6.45) is -48.8. The summed E-state index contributed by atoms with van der Waals surface area (Å²) in [6.45, 7) is 0. The molecule has 0 atom stereocenters. The third-order valence-corrected chi connectivity index (χ3v) is 14.5. The molecule has 1 aliphatic heterocycles. The van der Waals surface area contributed by atoms with Crippen molar-refractivity contribution >= 4 is 20.0 Å². The van der Waals surface area contributed by atoms with Crippen LogP contribution in [0.5, 0.6) is 0 Å². The van der Waals surface area contributed by atoms with Crippen molar-refractivity contribution in [2.24, 2.45) is 0 Å². The number of halogens is 24. The average molecular weight is 1130 g/mol. The lowest BCUT2D eigenvalue weighted by molar-refractivity contribution is -0.145. The number of fused-ring (bicyclic) bond motifs is 1. The fourth-order valence-electron chi connectivity index (χ4n) is 7.50. The van der Waals surface area contributed by atoms with Gasteiger partial charge in [0.2, 0.25) is 0 Å². The normalized spacial score (nSPS) is 16.2. The molecule has 1 heterocycles. The number of rotatable bonds is 6. The van der Waals surface area contributed by atoms with Gasteiger partial charge in [-0.05, 0) is 95.1 Å². The molecule has 73 heavy (non-hydrogen) atoms. The van der Waals surface area contributed by atoms with Crippen molar-refractivity contribution in [3.05, 3.63) is 163 Å². The van der Waals surface area contributed by atoms with Crippen LogP contribution in [0, 0.1) is 0 Å². The summed E-state index contributed by atoms with van der Waals surface area (Å²) >= 11 is 0. The average Bonchev–Trinajstić information content (AvgIpc) is 3.42. The lowest BCUT2D eigenvalue weighted by Gasteiger charge is -2.36. The molecule has 0 saturated carbocycles. The van der Waals surface area contributed by atoms with Gasteiger partial charge in [0.1, 0.15) is 21.0 Å². The van der Waals surface area contributed by atoms with E-state index in [0.29, 0.717) is 4.13 Å². The van der Waals surface area contributed by atoms with Crippen molar-refractivity contribution in [2.45, 2.75) is 70.4 Å². The van der Waals surface area contributed by atoms with Crippen molar-refractivity contribution < 1.29 is 132 Å². The van der Waals surface area contributed by atoms with E-state index in [4.69, 9.17) is 0 Å². The maximum absolute atomic E-state index is 14.3. The van der Waals surface area contributed by atoms with Crippen molar-refractivity contribution in [3.8, 4) is 0 Å². The highest BCUT2D eigenvalue weighted by atomic mass is 32.3. The molecule has 0 radical (unpaired) electrons. The van der Waals surface area contributed by atoms with Gasteiger partial charge >= 0.3 is 49.4 Å². The van der Waals surface area contributed by atoms with Gasteiger partial charge in [0.15, 0.2) is 0 Å². The number of sulfonamides is 2. The summed E-state index contributed by atoms with van der Waals surface area (Å²) in [6, 6.07) is -9.48. The first-order valence-electron chi connectivity index (χ1n) is 18.6. The summed E-state index contributed by atoms with van der Waals surface area (Å²) in [5, 5.41) is 25.1. The Morgan fingerprint density at radius 2 is 0.411 bits per heavy atom. The van der Waals surface area contributed by atoms with Gasteiger partial charge < -0.3 is 10.2 Å². The molecule has 0 bridgehead atoms. The number of hydrogen-bond acceptors (Lipinski definition) is 6. The van der Waals surface area contributed by atoms with Crippen LogP contribution in [-0.4, -0.2) is 27.0 Å². The highest BCUT2D eigenvalue weighted by molar-refractivity contribution is 8.07. The van der Waals surface area contributed by atoms with Gasteiger partial charge in [0.25, 0.3) is 20.0 Å². The molecule has 0 aliphatic carbocycles. The molecule has 3 N–H and O–H groups in total. The van der Waals surface area contributed by atoms with Gasteiger partial charge in [-0.25, -0.2) is 16.8 Å². The Morgan fingerprint density at radius 3 is 0.548 bits per heavy atom. The SMILES string of the molecule is O=S1(=O)NS(=O)(=O)c2c(C(O)(c3cc(C(F)(F)F)cc(C(F)(F)F)c3)c3cc(C(F)(F)F)cc(C(F)(F)F)c3)ccc(C(O)(c3cc(C(F)(F)F)cc(C(F)(F)F)c3)c3cc(C(F)(F)F)cc(C(F)(F)F)c3)c21. The highest BCUT2D eigenvalue weighted by Crippen LogP contribution is 2.54.